The largest absolute Gasteiger partial charge is 0.395 e. The molecule has 1 N–H and O–H groups in total. The summed E-state index contributed by atoms with van der Waals surface area (Å²) in [7, 11) is 2.19. The standard InChI is InChI=1S/C13H20N2OS/c1-15-6-2-3-10(7-15)11-8-17-12(14-11)13(9-16)4-5-13/h8,10,16H,2-7,9H2,1H3. The van der Waals surface area contributed by atoms with Gasteiger partial charge in [-0.05, 0) is 39.3 Å². The topological polar surface area (TPSA) is 36.4 Å². The number of thiazole rings is 1. The van der Waals surface area contributed by atoms with Crippen LogP contribution in [0.5, 0.6) is 0 Å². The fourth-order valence-corrected chi connectivity index (χ4v) is 3.87. The molecule has 1 aliphatic carbocycles. The van der Waals surface area contributed by atoms with Crippen LogP contribution in [-0.4, -0.2) is 41.7 Å². The predicted octanol–water partition coefficient (Wildman–Crippen LogP) is 1.98. The Bertz CT molecular complexity index is 400. The first-order valence-corrected chi connectivity index (χ1v) is 7.37. The van der Waals surface area contributed by atoms with E-state index in [2.05, 4.69) is 17.3 Å². The van der Waals surface area contributed by atoms with Crippen molar-refractivity contribution in [2.45, 2.75) is 37.0 Å². The molecule has 94 valence electrons. The molecule has 0 aromatic carbocycles. The van der Waals surface area contributed by atoms with Crippen LogP contribution >= 0.6 is 11.3 Å². The van der Waals surface area contributed by atoms with Crippen molar-refractivity contribution >= 4 is 11.3 Å². The lowest BCUT2D eigenvalue weighted by Crippen LogP contribution is -2.31. The van der Waals surface area contributed by atoms with Gasteiger partial charge in [-0.25, -0.2) is 4.98 Å². The molecule has 1 aromatic heterocycles. The lowest BCUT2D eigenvalue weighted by atomic mass is 9.96. The monoisotopic (exact) mass is 252 g/mol. The van der Waals surface area contributed by atoms with Crippen LogP contribution in [0.15, 0.2) is 5.38 Å². The highest BCUT2D eigenvalue weighted by Gasteiger charge is 2.46. The van der Waals surface area contributed by atoms with E-state index in [0.29, 0.717) is 5.92 Å². The molecule has 3 rings (SSSR count). The predicted molar refractivity (Wildman–Crippen MR) is 69.6 cm³/mol. The van der Waals surface area contributed by atoms with E-state index >= 15 is 0 Å². The molecule has 0 radical (unpaired) electrons. The lowest BCUT2D eigenvalue weighted by molar-refractivity contribution is 0.246. The number of piperidine rings is 1. The highest BCUT2D eigenvalue weighted by molar-refractivity contribution is 7.09. The van der Waals surface area contributed by atoms with Gasteiger partial charge in [0.1, 0.15) is 5.01 Å². The second-order valence-corrected chi connectivity index (χ2v) is 6.48. The van der Waals surface area contributed by atoms with Gasteiger partial charge in [0.25, 0.3) is 0 Å². The maximum absolute atomic E-state index is 9.43. The van der Waals surface area contributed by atoms with Crippen LogP contribution in [0.3, 0.4) is 0 Å². The zero-order chi connectivity index (χ0) is 11.9. The first kappa shape index (κ1) is 11.6. The molecule has 2 heterocycles. The Balaban J connectivity index is 1.76. The van der Waals surface area contributed by atoms with Gasteiger partial charge in [0.15, 0.2) is 0 Å². The Morgan fingerprint density at radius 3 is 3.06 bits per heavy atom. The Morgan fingerprint density at radius 1 is 1.59 bits per heavy atom. The molecule has 1 unspecified atom stereocenters. The maximum atomic E-state index is 9.43. The third-order valence-electron chi connectivity index (χ3n) is 4.17. The number of aliphatic hydroxyl groups excluding tert-OH is 1. The molecule has 4 heteroatoms. The molecule has 1 aliphatic heterocycles. The third kappa shape index (κ3) is 2.14. The number of hydrogen-bond donors (Lipinski definition) is 1. The first-order valence-electron chi connectivity index (χ1n) is 6.49. The Hall–Kier alpha value is -0.450. The summed E-state index contributed by atoms with van der Waals surface area (Å²) in [6, 6.07) is 0. The van der Waals surface area contributed by atoms with Crippen molar-refractivity contribution in [2.75, 3.05) is 26.7 Å². The molecule has 1 atom stereocenters. The van der Waals surface area contributed by atoms with Gasteiger partial charge in [-0.3, -0.25) is 0 Å². The number of aromatic nitrogens is 1. The Morgan fingerprint density at radius 2 is 2.41 bits per heavy atom. The molecule has 1 aromatic rings. The average molecular weight is 252 g/mol. The second kappa shape index (κ2) is 4.34. The highest BCUT2D eigenvalue weighted by atomic mass is 32.1. The molecular weight excluding hydrogens is 232 g/mol. The van der Waals surface area contributed by atoms with Gasteiger partial charge in [-0.1, -0.05) is 0 Å². The van der Waals surface area contributed by atoms with E-state index in [1.807, 2.05) is 0 Å². The van der Waals surface area contributed by atoms with E-state index in [4.69, 9.17) is 4.98 Å². The molecule has 2 fully saturated rings. The molecule has 3 nitrogen and oxygen atoms in total. The summed E-state index contributed by atoms with van der Waals surface area (Å²) in [4.78, 5) is 7.20. The van der Waals surface area contributed by atoms with Crippen molar-refractivity contribution in [3.63, 3.8) is 0 Å². The zero-order valence-corrected chi connectivity index (χ0v) is 11.2. The summed E-state index contributed by atoms with van der Waals surface area (Å²) in [5.74, 6) is 0.605. The molecule has 17 heavy (non-hydrogen) atoms. The van der Waals surface area contributed by atoms with E-state index in [-0.39, 0.29) is 12.0 Å². The van der Waals surface area contributed by atoms with Gasteiger partial charge >= 0.3 is 0 Å². The van der Waals surface area contributed by atoms with E-state index in [0.717, 1.165) is 19.4 Å². The van der Waals surface area contributed by atoms with Crippen LogP contribution in [0.4, 0.5) is 0 Å². The van der Waals surface area contributed by atoms with Crippen LogP contribution in [0.2, 0.25) is 0 Å². The molecule has 0 bridgehead atoms. The SMILES string of the molecule is CN1CCCC(c2csc(C3(CO)CC3)n2)C1. The highest BCUT2D eigenvalue weighted by Crippen LogP contribution is 2.49. The van der Waals surface area contributed by atoms with E-state index in [1.54, 1.807) is 11.3 Å². The van der Waals surface area contributed by atoms with Crippen molar-refractivity contribution in [1.82, 2.24) is 9.88 Å². The van der Waals surface area contributed by atoms with Crippen molar-refractivity contribution in [1.29, 1.82) is 0 Å². The van der Waals surface area contributed by atoms with Crippen molar-refractivity contribution in [3.05, 3.63) is 16.1 Å². The quantitative estimate of drug-likeness (QED) is 0.893. The number of likely N-dealkylation sites (tertiary alicyclic amines) is 1. The van der Waals surface area contributed by atoms with Gasteiger partial charge in [0.05, 0.1) is 12.3 Å². The molecule has 1 saturated heterocycles. The van der Waals surface area contributed by atoms with Gasteiger partial charge in [-0.15, -0.1) is 11.3 Å². The summed E-state index contributed by atoms with van der Waals surface area (Å²) in [5.41, 5.74) is 1.31. The number of rotatable bonds is 3. The minimum Gasteiger partial charge on any atom is -0.395 e. The smallest absolute Gasteiger partial charge is 0.101 e. The van der Waals surface area contributed by atoms with E-state index in [9.17, 15) is 5.11 Å². The van der Waals surface area contributed by atoms with Crippen LogP contribution in [-0.2, 0) is 5.41 Å². The summed E-state index contributed by atoms with van der Waals surface area (Å²) >= 11 is 1.75. The minimum atomic E-state index is 0.0451. The average Bonchev–Trinajstić information content (AvgIpc) is 2.99. The number of hydrogen-bond acceptors (Lipinski definition) is 4. The zero-order valence-electron chi connectivity index (χ0n) is 10.4. The van der Waals surface area contributed by atoms with E-state index < -0.39 is 0 Å². The maximum Gasteiger partial charge on any atom is 0.101 e. The molecule has 2 aliphatic rings. The van der Waals surface area contributed by atoms with Gasteiger partial charge in [-0.2, -0.15) is 0 Å². The van der Waals surface area contributed by atoms with Crippen LogP contribution < -0.4 is 0 Å². The van der Waals surface area contributed by atoms with Crippen molar-refractivity contribution < 1.29 is 5.11 Å². The van der Waals surface area contributed by atoms with Gasteiger partial charge in [0.2, 0.25) is 0 Å². The second-order valence-electron chi connectivity index (χ2n) is 5.62. The first-order chi connectivity index (χ1) is 8.23. The van der Waals surface area contributed by atoms with Crippen LogP contribution in [0, 0.1) is 0 Å². The Labute approximate surface area is 106 Å². The number of nitrogens with zero attached hydrogens (tertiary/aromatic N) is 2. The molecular formula is C13H20N2OS. The summed E-state index contributed by atoms with van der Waals surface area (Å²) in [6.07, 6.45) is 4.76. The van der Waals surface area contributed by atoms with Crippen molar-refractivity contribution in [3.8, 4) is 0 Å². The van der Waals surface area contributed by atoms with Crippen molar-refractivity contribution in [2.24, 2.45) is 0 Å². The minimum absolute atomic E-state index is 0.0451. The molecule has 0 amide bonds. The summed E-state index contributed by atoms with van der Waals surface area (Å²) in [5, 5.41) is 12.8. The normalized spacial score (nSPS) is 28.2. The summed E-state index contributed by atoms with van der Waals surface area (Å²) < 4.78 is 0. The van der Waals surface area contributed by atoms with Gasteiger partial charge < -0.3 is 10.0 Å². The lowest BCUT2D eigenvalue weighted by Gasteiger charge is -2.28. The molecule has 0 spiro atoms. The summed E-state index contributed by atoms with van der Waals surface area (Å²) in [6.45, 7) is 2.62. The van der Waals surface area contributed by atoms with E-state index in [1.165, 1.54) is 30.1 Å². The number of aliphatic hydroxyl groups is 1. The third-order valence-corrected chi connectivity index (χ3v) is 5.28. The molecule has 1 saturated carbocycles. The Kier molecular flexibility index (Phi) is 2.97. The fourth-order valence-electron chi connectivity index (χ4n) is 2.72. The van der Waals surface area contributed by atoms with Crippen LogP contribution in [0.1, 0.15) is 42.3 Å². The number of likely N-dealkylation sites (N-methyl/N-ethyl adjacent to an activating group) is 1. The fraction of sp³-hybridized carbons (Fsp3) is 0.769. The van der Waals surface area contributed by atoms with Gasteiger partial charge in [0, 0.05) is 23.3 Å². The van der Waals surface area contributed by atoms with Crippen LogP contribution in [0.25, 0.3) is 0 Å².